The van der Waals surface area contributed by atoms with Crippen LogP contribution in [0.25, 0.3) is 0 Å². The molecule has 2 nitrogen and oxygen atoms in total. The Morgan fingerprint density at radius 2 is 1.87 bits per heavy atom. The average molecular weight is 212 g/mol. The molecule has 2 heteroatoms. The number of hydrogen-bond acceptors (Lipinski definition) is 2. The number of piperazine rings is 1. The molecule has 1 atom stereocenters. The fourth-order valence-corrected chi connectivity index (χ4v) is 2.13. The molecule has 1 rings (SSSR count). The van der Waals surface area contributed by atoms with Gasteiger partial charge in [0.15, 0.2) is 0 Å². The summed E-state index contributed by atoms with van der Waals surface area (Å²) in [6.45, 7) is 17.4. The van der Waals surface area contributed by atoms with Gasteiger partial charge in [-0.2, -0.15) is 0 Å². The Morgan fingerprint density at radius 1 is 1.27 bits per heavy atom. The van der Waals surface area contributed by atoms with Crippen molar-refractivity contribution in [1.29, 1.82) is 0 Å². The summed E-state index contributed by atoms with van der Waals surface area (Å²) < 4.78 is 0. The van der Waals surface area contributed by atoms with Crippen LogP contribution in [0.4, 0.5) is 0 Å². The Balaban J connectivity index is 2.64. The second-order valence-electron chi connectivity index (χ2n) is 6.44. The van der Waals surface area contributed by atoms with Crippen LogP contribution in [0.5, 0.6) is 0 Å². The van der Waals surface area contributed by atoms with Gasteiger partial charge in [-0.15, -0.1) is 0 Å². The van der Waals surface area contributed by atoms with Gasteiger partial charge in [0.25, 0.3) is 0 Å². The van der Waals surface area contributed by atoms with Crippen LogP contribution >= 0.6 is 0 Å². The summed E-state index contributed by atoms with van der Waals surface area (Å²) in [5, 5.41) is 3.63. The van der Waals surface area contributed by atoms with E-state index < -0.39 is 0 Å². The van der Waals surface area contributed by atoms with Crippen molar-refractivity contribution < 1.29 is 0 Å². The predicted octanol–water partition coefficient (Wildman–Crippen LogP) is 2.49. The zero-order valence-corrected chi connectivity index (χ0v) is 11.4. The molecular weight excluding hydrogens is 184 g/mol. The third-order valence-electron chi connectivity index (χ3n) is 3.67. The lowest BCUT2D eigenvalue weighted by atomic mass is 9.90. The predicted molar refractivity (Wildman–Crippen MR) is 67.2 cm³/mol. The molecule has 0 bridgehead atoms. The monoisotopic (exact) mass is 212 g/mol. The van der Waals surface area contributed by atoms with Gasteiger partial charge in [-0.05, 0) is 33.6 Å². The summed E-state index contributed by atoms with van der Waals surface area (Å²) >= 11 is 0. The molecule has 0 spiro atoms. The van der Waals surface area contributed by atoms with Gasteiger partial charge in [0.2, 0.25) is 0 Å². The van der Waals surface area contributed by atoms with E-state index in [9.17, 15) is 0 Å². The van der Waals surface area contributed by atoms with Gasteiger partial charge in [0.1, 0.15) is 0 Å². The van der Waals surface area contributed by atoms with Crippen molar-refractivity contribution in [2.75, 3.05) is 19.6 Å². The van der Waals surface area contributed by atoms with E-state index >= 15 is 0 Å². The fourth-order valence-electron chi connectivity index (χ4n) is 2.13. The summed E-state index contributed by atoms with van der Waals surface area (Å²) in [7, 11) is 0. The normalized spacial score (nSPS) is 27.6. The van der Waals surface area contributed by atoms with Crippen LogP contribution in [-0.2, 0) is 0 Å². The van der Waals surface area contributed by atoms with E-state index in [0.29, 0.717) is 5.54 Å². The first-order valence-electron chi connectivity index (χ1n) is 6.27. The quantitative estimate of drug-likeness (QED) is 0.773. The first-order chi connectivity index (χ1) is 6.77. The lowest BCUT2D eigenvalue weighted by molar-refractivity contribution is 0.0277. The second-order valence-corrected chi connectivity index (χ2v) is 6.44. The Morgan fingerprint density at radius 3 is 2.40 bits per heavy atom. The van der Waals surface area contributed by atoms with E-state index in [1.165, 1.54) is 13.0 Å². The Bertz CT molecular complexity index is 209. The second kappa shape index (κ2) is 4.42. The van der Waals surface area contributed by atoms with Gasteiger partial charge in [-0.25, -0.2) is 0 Å². The summed E-state index contributed by atoms with van der Waals surface area (Å²) in [5.41, 5.74) is 0.571. The highest BCUT2D eigenvalue weighted by Gasteiger charge is 2.37. The number of hydrogen-bond donors (Lipinski definition) is 1. The van der Waals surface area contributed by atoms with Gasteiger partial charge < -0.3 is 5.32 Å². The Kier molecular flexibility index (Phi) is 3.83. The minimum Gasteiger partial charge on any atom is -0.309 e. The molecule has 1 aliphatic heterocycles. The van der Waals surface area contributed by atoms with Crippen molar-refractivity contribution in [1.82, 2.24) is 10.2 Å². The lowest BCUT2D eigenvalue weighted by Crippen LogP contribution is -2.66. The molecule has 1 heterocycles. The largest absolute Gasteiger partial charge is 0.309 e. The molecule has 1 unspecified atom stereocenters. The number of nitrogens with one attached hydrogen (secondary N) is 1. The minimum absolute atomic E-state index is 0.267. The molecule has 1 aliphatic rings. The maximum Gasteiger partial charge on any atom is 0.0278 e. The lowest BCUT2D eigenvalue weighted by Gasteiger charge is -2.50. The van der Waals surface area contributed by atoms with E-state index in [0.717, 1.165) is 19.0 Å². The maximum atomic E-state index is 3.63. The molecule has 1 saturated heterocycles. The van der Waals surface area contributed by atoms with E-state index in [1.54, 1.807) is 0 Å². The van der Waals surface area contributed by atoms with Crippen LogP contribution in [0.1, 0.15) is 48.0 Å². The summed E-state index contributed by atoms with van der Waals surface area (Å²) in [4.78, 5) is 2.65. The molecule has 90 valence electrons. The molecule has 0 amide bonds. The standard InChI is InChI=1S/C13H28N2/c1-7-11(2)8-15-10-12(3,4)14-9-13(15,5)6/h11,14H,7-10H2,1-6H3. The van der Waals surface area contributed by atoms with Crippen molar-refractivity contribution in [3.8, 4) is 0 Å². The van der Waals surface area contributed by atoms with E-state index in [4.69, 9.17) is 0 Å². The maximum absolute atomic E-state index is 3.63. The van der Waals surface area contributed by atoms with Gasteiger partial charge in [-0.3, -0.25) is 4.90 Å². The first kappa shape index (κ1) is 13.0. The van der Waals surface area contributed by atoms with E-state index in [1.807, 2.05) is 0 Å². The highest BCUT2D eigenvalue weighted by atomic mass is 15.3. The van der Waals surface area contributed by atoms with Crippen LogP contribution in [0.15, 0.2) is 0 Å². The highest BCUT2D eigenvalue weighted by molar-refractivity contribution is 4.97. The molecule has 15 heavy (non-hydrogen) atoms. The third-order valence-corrected chi connectivity index (χ3v) is 3.67. The van der Waals surface area contributed by atoms with Crippen LogP contribution in [0.3, 0.4) is 0 Å². The minimum atomic E-state index is 0.267. The average Bonchev–Trinajstić information content (AvgIpc) is 2.12. The molecular formula is C13H28N2. The summed E-state index contributed by atoms with van der Waals surface area (Å²) in [6.07, 6.45) is 1.28. The van der Waals surface area contributed by atoms with Crippen LogP contribution in [0, 0.1) is 5.92 Å². The zero-order valence-electron chi connectivity index (χ0n) is 11.4. The SMILES string of the molecule is CCC(C)CN1CC(C)(C)NCC1(C)C. The topological polar surface area (TPSA) is 15.3 Å². The highest BCUT2D eigenvalue weighted by Crippen LogP contribution is 2.24. The zero-order chi connectivity index (χ0) is 11.7. The molecule has 0 aromatic rings. The fraction of sp³-hybridized carbons (Fsp3) is 1.00. The molecule has 1 fully saturated rings. The van der Waals surface area contributed by atoms with Crippen molar-refractivity contribution in [3.63, 3.8) is 0 Å². The van der Waals surface area contributed by atoms with Crippen LogP contribution in [-0.4, -0.2) is 35.6 Å². The molecule has 1 N–H and O–H groups in total. The van der Waals surface area contributed by atoms with E-state index in [-0.39, 0.29) is 5.54 Å². The first-order valence-corrected chi connectivity index (χ1v) is 6.27. The smallest absolute Gasteiger partial charge is 0.0278 e. The van der Waals surface area contributed by atoms with Gasteiger partial charge in [0.05, 0.1) is 0 Å². The Hall–Kier alpha value is -0.0800. The number of rotatable bonds is 3. The van der Waals surface area contributed by atoms with Crippen molar-refractivity contribution >= 4 is 0 Å². The van der Waals surface area contributed by atoms with E-state index in [2.05, 4.69) is 51.8 Å². The summed E-state index contributed by atoms with van der Waals surface area (Å²) in [6, 6.07) is 0. The van der Waals surface area contributed by atoms with Gasteiger partial charge >= 0.3 is 0 Å². The Labute approximate surface area is 95.4 Å². The number of nitrogens with zero attached hydrogens (tertiary/aromatic N) is 1. The van der Waals surface area contributed by atoms with Crippen molar-refractivity contribution in [2.45, 2.75) is 59.0 Å². The molecule has 0 saturated carbocycles. The van der Waals surface area contributed by atoms with Crippen molar-refractivity contribution in [3.05, 3.63) is 0 Å². The summed E-state index contributed by atoms with van der Waals surface area (Å²) in [5.74, 6) is 0.804. The van der Waals surface area contributed by atoms with Crippen molar-refractivity contribution in [2.24, 2.45) is 5.92 Å². The van der Waals surface area contributed by atoms with Crippen LogP contribution < -0.4 is 5.32 Å². The van der Waals surface area contributed by atoms with Crippen LogP contribution in [0.2, 0.25) is 0 Å². The molecule has 0 aromatic carbocycles. The third kappa shape index (κ3) is 3.46. The molecule has 0 aliphatic carbocycles. The van der Waals surface area contributed by atoms with Gasteiger partial charge in [-0.1, -0.05) is 20.3 Å². The molecule has 0 aromatic heterocycles. The van der Waals surface area contributed by atoms with Gasteiger partial charge in [0, 0.05) is 30.7 Å². The molecule has 0 radical (unpaired) electrons.